The lowest BCUT2D eigenvalue weighted by Crippen LogP contribution is -2.10. The molecule has 16 heteroatoms. The van der Waals surface area contributed by atoms with Crippen LogP contribution in [0.2, 0.25) is 0 Å². The molecule has 0 saturated carbocycles. The van der Waals surface area contributed by atoms with Crippen LogP contribution in [0.1, 0.15) is 0 Å². The summed E-state index contributed by atoms with van der Waals surface area (Å²) in [4.78, 5) is 29.3. The van der Waals surface area contributed by atoms with Crippen LogP contribution < -0.4 is 22.0 Å². The van der Waals surface area contributed by atoms with Crippen LogP contribution in [0.15, 0.2) is 68.5 Å². The van der Waals surface area contributed by atoms with Gasteiger partial charge in [0.05, 0.1) is 0 Å². The summed E-state index contributed by atoms with van der Waals surface area (Å²) in [6.45, 7) is 0. The summed E-state index contributed by atoms with van der Waals surface area (Å²) in [5.74, 6) is -10.2. The molecule has 236 valence electrons. The molecule has 0 amide bonds. The Morgan fingerprint density at radius 1 is 0.271 bits per heavy atom. The van der Waals surface area contributed by atoms with E-state index in [1.807, 2.05) is 0 Å². The van der Waals surface area contributed by atoms with Gasteiger partial charge >= 0.3 is 0 Å². The van der Waals surface area contributed by atoms with Crippen LogP contribution in [0.3, 0.4) is 0 Å². The van der Waals surface area contributed by atoms with Gasteiger partial charge in [0.2, 0.25) is 0 Å². The first-order valence-electron chi connectivity index (χ1n) is 13.9. The van der Waals surface area contributed by atoms with E-state index in [-0.39, 0.29) is 88.3 Å². The second-order valence-electron chi connectivity index (χ2n) is 11.0. The number of benzene rings is 4. The highest BCUT2D eigenvalue weighted by Gasteiger charge is 2.20. The molecule has 4 aromatic heterocycles. The lowest BCUT2D eigenvalue weighted by molar-refractivity contribution is 0.511. The van der Waals surface area contributed by atoms with Crippen LogP contribution in [-0.2, 0) is 0 Å². The third-order valence-electron chi connectivity index (χ3n) is 8.12. The summed E-state index contributed by atoms with van der Waals surface area (Å²) >= 11 is 0. The average molecular weight is 660 g/mol. The van der Waals surface area contributed by atoms with E-state index in [0.29, 0.717) is 0 Å². The largest absolute Gasteiger partial charge is 0.324 e. The van der Waals surface area contributed by atoms with Crippen molar-refractivity contribution in [2.45, 2.75) is 0 Å². The molecule has 0 spiro atoms. The third kappa shape index (κ3) is 4.01. The molecular formula is C32H12F8N8. The maximum Gasteiger partial charge on any atom is 0.159 e. The quantitative estimate of drug-likeness (QED) is 0.128. The van der Waals surface area contributed by atoms with Crippen LogP contribution in [0.25, 0.3) is 43.1 Å². The minimum absolute atomic E-state index is 0.0240. The zero-order valence-corrected chi connectivity index (χ0v) is 23.4. The van der Waals surface area contributed by atoms with E-state index in [9.17, 15) is 35.1 Å². The standard InChI is InChI=1S/C32H12F8N8/c33-17-1-9-10(2-18(17)34)26-41-25(9)45-27-11-3-19(35)20(36)4-12(11)29(42-27)47-31-15-7-23(39)24(40)8-16(15)32(44-31)48-30-14-6-22(38)21(37)5-13(14)28(43-30)46-26/h1-8H,(H4,41,42,43,44,45,46,47,48). The van der Waals surface area contributed by atoms with Crippen molar-refractivity contribution in [3.05, 3.63) is 117 Å². The zero-order chi connectivity index (χ0) is 33.2. The Morgan fingerprint density at radius 3 is 0.667 bits per heavy atom. The molecule has 0 radical (unpaired) electrons. The van der Waals surface area contributed by atoms with E-state index < -0.39 is 46.5 Å². The number of rotatable bonds is 0. The van der Waals surface area contributed by atoms with Gasteiger partial charge in [-0.1, -0.05) is 0 Å². The van der Waals surface area contributed by atoms with Gasteiger partial charge in [-0.25, -0.2) is 55.1 Å². The van der Waals surface area contributed by atoms with Crippen molar-refractivity contribution < 1.29 is 35.1 Å². The summed E-state index contributed by atoms with van der Waals surface area (Å²) < 4.78 is 116. The molecule has 0 unspecified atom stereocenters. The summed E-state index contributed by atoms with van der Waals surface area (Å²) in [5.41, 5.74) is -0.399. The van der Waals surface area contributed by atoms with Crippen molar-refractivity contribution in [1.82, 2.24) is 19.9 Å². The molecule has 0 saturated heterocycles. The number of hydrogen-bond acceptors (Lipinski definition) is 4. The highest BCUT2D eigenvalue weighted by molar-refractivity contribution is 6.01. The van der Waals surface area contributed by atoms with Crippen molar-refractivity contribution in [3.8, 4) is 0 Å². The fourth-order valence-electron chi connectivity index (χ4n) is 5.89. The van der Waals surface area contributed by atoms with Gasteiger partial charge in [-0.05, 0) is 48.5 Å². The van der Waals surface area contributed by atoms with E-state index in [2.05, 4.69) is 39.9 Å². The van der Waals surface area contributed by atoms with Crippen molar-refractivity contribution >= 4 is 66.4 Å². The van der Waals surface area contributed by atoms with Gasteiger partial charge in [0.15, 0.2) is 46.5 Å². The second kappa shape index (κ2) is 9.60. The first-order chi connectivity index (χ1) is 23.0. The number of nitrogens with zero attached hydrogens (tertiary/aromatic N) is 4. The van der Waals surface area contributed by atoms with Crippen LogP contribution >= 0.6 is 0 Å². The highest BCUT2D eigenvalue weighted by Crippen LogP contribution is 2.37. The Kier molecular flexibility index (Phi) is 5.59. The van der Waals surface area contributed by atoms with Gasteiger partial charge in [-0.3, -0.25) is 0 Å². The SMILES string of the molecule is Fc1cc2c3[nH]c(c2cc1F)/N=c1\[nH]/c(c2cc(F)c(F)cc12)=N\c1[nH]c(c2cc(F)c(F)cc12)/N=c1\[nH]/c(c2cc(F)c(F)cc12)=N\3. The molecule has 5 heterocycles. The maximum absolute atomic E-state index is 14.5. The monoisotopic (exact) mass is 660 g/mol. The molecule has 0 aliphatic carbocycles. The van der Waals surface area contributed by atoms with E-state index >= 15 is 0 Å². The van der Waals surface area contributed by atoms with Gasteiger partial charge in [-0.2, -0.15) is 0 Å². The Balaban J connectivity index is 1.52. The molecule has 8 nitrogen and oxygen atoms in total. The molecule has 4 N–H and O–H groups in total. The number of H-pyrrole nitrogens is 4. The fraction of sp³-hybridized carbons (Fsp3) is 0. The highest BCUT2D eigenvalue weighted by atomic mass is 19.2. The Labute approximate surface area is 258 Å². The number of halogens is 8. The van der Waals surface area contributed by atoms with Crippen molar-refractivity contribution in [1.29, 1.82) is 0 Å². The predicted octanol–water partition coefficient (Wildman–Crippen LogP) is 6.84. The Bertz CT molecular complexity index is 2610. The van der Waals surface area contributed by atoms with E-state index in [0.717, 1.165) is 48.5 Å². The molecule has 9 rings (SSSR count). The minimum Gasteiger partial charge on any atom is -0.324 e. The molecule has 4 aromatic carbocycles. The molecule has 8 aromatic rings. The third-order valence-corrected chi connectivity index (χ3v) is 8.12. The smallest absolute Gasteiger partial charge is 0.159 e. The molecule has 1 aliphatic heterocycles. The summed E-state index contributed by atoms with van der Waals surface area (Å²) in [6.07, 6.45) is 0. The normalized spacial score (nSPS) is 15.7. The van der Waals surface area contributed by atoms with Gasteiger partial charge in [-0.15, -0.1) is 0 Å². The molecule has 1 aliphatic rings. The van der Waals surface area contributed by atoms with Gasteiger partial charge < -0.3 is 19.9 Å². The summed E-state index contributed by atoms with van der Waals surface area (Å²) in [7, 11) is 0. The van der Waals surface area contributed by atoms with Gasteiger partial charge in [0, 0.05) is 43.1 Å². The average Bonchev–Trinajstić information content (AvgIpc) is 3.74. The lowest BCUT2D eigenvalue weighted by atomic mass is 10.2. The zero-order valence-electron chi connectivity index (χ0n) is 23.4. The lowest BCUT2D eigenvalue weighted by Gasteiger charge is -1.96. The van der Waals surface area contributed by atoms with Crippen LogP contribution in [0, 0.1) is 46.5 Å². The van der Waals surface area contributed by atoms with Crippen molar-refractivity contribution in [2.75, 3.05) is 0 Å². The van der Waals surface area contributed by atoms with Gasteiger partial charge in [0.1, 0.15) is 45.2 Å². The molecule has 0 fully saturated rings. The molecule has 0 atom stereocenters. The van der Waals surface area contributed by atoms with Crippen LogP contribution in [0.4, 0.5) is 58.4 Å². The van der Waals surface area contributed by atoms with Crippen LogP contribution in [-0.4, -0.2) is 19.9 Å². The first-order valence-corrected chi connectivity index (χ1v) is 13.9. The number of fused-ring (bicyclic) bond motifs is 20. The molecule has 48 heavy (non-hydrogen) atoms. The second-order valence-corrected chi connectivity index (χ2v) is 11.0. The Morgan fingerprint density at radius 2 is 0.458 bits per heavy atom. The van der Waals surface area contributed by atoms with Crippen LogP contribution in [0.5, 0.6) is 0 Å². The predicted molar refractivity (Wildman–Crippen MR) is 156 cm³/mol. The number of nitrogens with one attached hydrogen (secondary N) is 4. The summed E-state index contributed by atoms with van der Waals surface area (Å²) in [6, 6.07) is 6.83. The minimum atomic E-state index is -1.22. The van der Waals surface area contributed by atoms with E-state index in [1.54, 1.807) is 0 Å². The van der Waals surface area contributed by atoms with Crippen molar-refractivity contribution in [2.24, 2.45) is 20.0 Å². The number of aromatic amines is 4. The Hall–Kier alpha value is -6.32. The number of hydrogen-bond donors (Lipinski definition) is 4. The fourth-order valence-corrected chi connectivity index (χ4v) is 5.89. The topological polar surface area (TPSA) is 113 Å². The first kappa shape index (κ1) is 27.9. The van der Waals surface area contributed by atoms with E-state index in [4.69, 9.17) is 0 Å². The summed E-state index contributed by atoms with van der Waals surface area (Å²) in [5, 5.41) is 0.192. The molecular weight excluding hydrogens is 648 g/mol. The molecule has 8 bridgehead atoms. The van der Waals surface area contributed by atoms with E-state index in [1.165, 1.54) is 0 Å². The van der Waals surface area contributed by atoms with Gasteiger partial charge in [0.25, 0.3) is 0 Å². The number of aromatic nitrogens is 4. The van der Waals surface area contributed by atoms with Crippen molar-refractivity contribution in [3.63, 3.8) is 0 Å². The maximum atomic E-state index is 14.5.